The normalized spacial score (nSPS) is 15.0. The van der Waals surface area contributed by atoms with Gasteiger partial charge in [-0.25, -0.2) is 0 Å². The summed E-state index contributed by atoms with van der Waals surface area (Å²) < 4.78 is 0. The Hall–Kier alpha value is -2.00. The molecule has 0 bridgehead atoms. The third-order valence-corrected chi connectivity index (χ3v) is 5.10. The fourth-order valence-corrected chi connectivity index (χ4v) is 3.26. The van der Waals surface area contributed by atoms with E-state index >= 15 is 0 Å². The van der Waals surface area contributed by atoms with Crippen LogP contribution < -0.4 is 27.4 Å². The zero-order chi connectivity index (χ0) is 24.0. The Morgan fingerprint density at radius 3 is 1.77 bits per heavy atom. The van der Waals surface area contributed by atoms with Crippen molar-refractivity contribution in [2.75, 3.05) is 13.1 Å². The van der Waals surface area contributed by atoms with Crippen LogP contribution in [0, 0.1) is 11.8 Å². The van der Waals surface area contributed by atoms with E-state index in [4.69, 9.17) is 11.5 Å². The van der Waals surface area contributed by atoms with Crippen molar-refractivity contribution in [2.45, 2.75) is 91.3 Å². The molecule has 0 aliphatic carbocycles. The van der Waals surface area contributed by atoms with Gasteiger partial charge in [-0.2, -0.15) is 0 Å². The predicted octanol–water partition coefficient (Wildman–Crippen LogP) is 0.600. The van der Waals surface area contributed by atoms with Gasteiger partial charge in [0, 0.05) is 5.92 Å². The second-order valence-corrected chi connectivity index (χ2v) is 8.62. The summed E-state index contributed by atoms with van der Waals surface area (Å²) in [6.45, 7) is 9.74. The van der Waals surface area contributed by atoms with Crippen LogP contribution in [0.2, 0.25) is 0 Å². The van der Waals surface area contributed by atoms with Crippen molar-refractivity contribution >= 4 is 23.5 Å². The summed E-state index contributed by atoms with van der Waals surface area (Å²) in [6, 6.07) is -2.28. The van der Waals surface area contributed by atoms with Gasteiger partial charge in [0.1, 0.15) is 12.1 Å². The summed E-state index contributed by atoms with van der Waals surface area (Å²) in [5, 5.41) is 8.27. The Labute approximate surface area is 186 Å². The lowest BCUT2D eigenvalue weighted by atomic mass is 10.0. The first kappa shape index (κ1) is 29.0. The van der Waals surface area contributed by atoms with E-state index in [-0.39, 0.29) is 30.1 Å². The molecule has 0 rings (SSSR count). The second kappa shape index (κ2) is 15.8. The van der Waals surface area contributed by atoms with E-state index in [1.54, 1.807) is 0 Å². The third-order valence-electron chi connectivity index (χ3n) is 5.10. The van der Waals surface area contributed by atoms with Gasteiger partial charge >= 0.3 is 0 Å². The van der Waals surface area contributed by atoms with Gasteiger partial charge in [-0.1, -0.05) is 34.1 Å². The van der Waals surface area contributed by atoms with Gasteiger partial charge in [-0.15, -0.1) is 0 Å². The van der Waals surface area contributed by atoms with Crippen molar-refractivity contribution < 1.29 is 19.2 Å². The Bertz CT molecular complexity index is 582. The van der Waals surface area contributed by atoms with E-state index in [1.807, 2.05) is 27.7 Å². The minimum absolute atomic E-state index is 0.128. The van der Waals surface area contributed by atoms with Crippen LogP contribution >= 0.6 is 0 Å². The molecule has 0 aromatic carbocycles. The summed E-state index contributed by atoms with van der Waals surface area (Å²) in [5.74, 6) is -1.32. The average Bonchev–Trinajstić information content (AvgIpc) is 2.69. The van der Waals surface area contributed by atoms with Crippen molar-refractivity contribution in [2.24, 2.45) is 23.3 Å². The molecule has 0 aliphatic heterocycles. The maximum atomic E-state index is 13.0. The smallest absolute Gasteiger partial charge is 0.243 e. The summed E-state index contributed by atoms with van der Waals surface area (Å²) >= 11 is 0. The molecule has 0 heterocycles. The van der Waals surface area contributed by atoms with Gasteiger partial charge in [0.15, 0.2) is 5.78 Å². The van der Waals surface area contributed by atoms with Crippen molar-refractivity contribution in [3.63, 3.8) is 0 Å². The lowest BCUT2D eigenvalue weighted by Gasteiger charge is -2.26. The number of carbonyl (C=O) groups excluding carboxylic acids is 4. The fraction of sp³-hybridized carbons (Fsp3) is 0.818. The molecule has 3 amide bonds. The van der Waals surface area contributed by atoms with E-state index in [2.05, 4.69) is 16.0 Å². The molecule has 9 nitrogen and oxygen atoms in total. The minimum Gasteiger partial charge on any atom is -0.344 e. The van der Waals surface area contributed by atoms with Crippen LogP contribution in [0.5, 0.6) is 0 Å². The Balaban J connectivity index is 5.36. The maximum Gasteiger partial charge on any atom is 0.243 e. The van der Waals surface area contributed by atoms with Crippen LogP contribution in [0.4, 0.5) is 0 Å². The SMILES string of the molecule is CCC[C@H](C)C(=O)N[C@@H](CCCN)C(=O)N[C@H](CC(C)C)C(=O)N[C@@H](CCN)C(C)=O. The maximum absolute atomic E-state index is 13.0. The van der Waals surface area contributed by atoms with Crippen LogP contribution in [0.25, 0.3) is 0 Å². The highest BCUT2D eigenvalue weighted by atomic mass is 16.2. The molecular formula is C22H43N5O4. The first-order chi connectivity index (χ1) is 14.6. The van der Waals surface area contributed by atoms with E-state index in [9.17, 15) is 19.2 Å². The van der Waals surface area contributed by atoms with Gasteiger partial charge < -0.3 is 27.4 Å². The van der Waals surface area contributed by atoms with Crippen LogP contribution in [0.15, 0.2) is 0 Å². The standard InChI is InChI=1S/C22H43N5O4/c1-6-8-15(4)20(29)26-18(9-7-11-23)21(30)27-19(13-14(2)3)22(31)25-17(10-12-24)16(5)28/h14-15,17-19H,6-13,23-24H2,1-5H3,(H,25,31)(H,26,29)(H,27,30)/t15-,17-,18-,19+/m0/s1. The molecule has 0 saturated heterocycles. The zero-order valence-electron chi connectivity index (χ0n) is 19.8. The van der Waals surface area contributed by atoms with Crippen LogP contribution in [-0.2, 0) is 19.2 Å². The number of amides is 3. The molecule has 0 aromatic heterocycles. The number of carbonyl (C=O) groups is 4. The highest BCUT2D eigenvalue weighted by molar-refractivity contribution is 5.94. The number of hydrogen-bond donors (Lipinski definition) is 5. The van der Waals surface area contributed by atoms with Gasteiger partial charge in [0.2, 0.25) is 17.7 Å². The van der Waals surface area contributed by atoms with E-state index < -0.39 is 29.9 Å². The van der Waals surface area contributed by atoms with Crippen LogP contribution in [0.1, 0.15) is 73.1 Å². The zero-order valence-corrected chi connectivity index (χ0v) is 19.8. The van der Waals surface area contributed by atoms with E-state index in [0.29, 0.717) is 32.2 Å². The van der Waals surface area contributed by atoms with Crippen molar-refractivity contribution in [3.8, 4) is 0 Å². The highest BCUT2D eigenvalue weighted by Crippen LogP contribution is 2.10. The summed E-state index contributed by atoms with van der Waals surface area (Å²) in [7, 11) is 0. The molecule has 0 aliphatic rings. The fourth-order valence-electron chi connectivity index (χ4n) is 3.26. The number of ketones is 1. The molecule has 0 spiro atoms. The molecular weight excluding hydrogens is 398 g/mol. The first-order valence-corrected chi connectivity index (χ1v) is 11.4. The molecule has 0 aromatic rings. The van der Waals surface area contributed by atoms with Crippen LogP contribution in [0.3, 0.4) is 0 Å². The Morgan fingerprint density at radius 1 is 0.742 bits per heavy atom. The van der Waals surface area contributed by atoms with Gasteiger partial charge in [-0.05, 0) is 58.0 Å². The third kappa shape index (κ3) is 11.8. The molecule has 0 saturated carbocycles. The van der Waals surface area contributed by atoms with E-state index in [1.165, 1.54) is 6.92 Å². The quantitative estimate of drug-likeness (QED) is 0.236. The molecule has 7 N–H and O–H groups in total. The number of nitrogens with two attached hydrogens (primary N) is 2. The summed E-state index contributed by atoms with van der Waals surface area (Å²) in [5.41, 5.74) is 11.1. The van der Waals surface area contributed by atoms with Crippen molar-refractivity contribution in [1.82, 2.24) is 16.0 Å². The molecule has 9 heteroatoms. The number of Topliss-reactive ketones (excluding diaryl/α,β-unsaturated/α-hetero) is 1. The Morgan fingerprint density at radius 2 is 1.29 bits per heavy atom. The highest BCUT2D eigenvalue weighted by Gasteiger charge is 2.29. The van der Waals surface area contributed by atoms with Crippen molar-refractivity contribution in [1.29, 1.82) is 0 Å². The number of nitrogens with one attached hydrogen (secondary N) is 3. The van der Waals surface area contributed by atoms with Gasteiger partial charge in [0.25, 0.3) is 0 Å². The lowest BCUT2D eigenvalue weighted by molar-refractivity contribution is -0.134. The first-order valence-electron chi connectivity index (χ1n) is 11.4. The monoisotopic (exact) mass is 441 g/mol. The van der Waals surface area contributed by atoms with Gasteiger partial charge in [-0.3, -0.25) is 19.2 Å². The largest absolute Gasteiger partial charge is 0.344 e. The molecule has 31 heavy (non-hydrogen) atoms. The number of rotatable bonds is 16. The molecule has 4 atom stereocenters. The van der Waals surface area contributed by atoms with Crippen LogP contribution in [-0.4, -0.2) is 54.7 Å². The molecule has 0 radical (unpaired) electrons. The van der Waals surface area contributed by atoms with E-state index in [0.717, 1.165) is 12.8 Å². The summed E-state index contributed by atoms with van der Waals surface area (Å²) in [6.07, 6.45) is 3.26. The van der Waals surface area contributed by atoms with Crippen molar-refractivity contribution in [3.05, 3.63) is 0 Å². The Kier molecular flexibility index (Phi) is 14.7. The predicted molar refractivity (Wildman–Crippen MR) is 122 cm³/mol. The molecule has 180 valence electrons. The average molecular weight is 442 g/mol. The lowest BCUT2D eigenvalue weighted by Crippen LogP contribution is -2.56. The minimum atomic E-state index is -0.822. The van der Waals surface area contributed by atoms with Gasteiger partial charge in [0.05, 0.1) is 6.04 Å². The molecule has 0 unspecified atom stereocenters. The number of hydrogen-bond acceptors (Lipinski definition) is 6. The summed E-state index contributed by atoms with van der Waals surface area (Å²) in [4.78, 5) is 50.0. The molecule has 0 fully saturated rings. The topological polar surface area (TPSA) is 156 Å². The second-order valence-electron chi connectivity index (χ2n) is 8.62.